The van der Waals surface area contributed by atoms with Crippen LogP contribution in [0.15, 0.2) is 67.0 Å². The second kappa shape index (κ2) is 7.04. The van der Waals surface area contributed by atoms with Crippen LogP contribution in [0, 0.1) is 6.92 Å². The first-order chi connectivity index (χ1) is 12.2. The van der Waals surface area contributed by atoms with Crippen molar-refractivity contribution in [3.05, 3.63) is 88.7 Å². The van der Waals surface area contributed by atoms with E-state index in [1.807, 2.05) is 18.2 Å². The quantitative estimate of drug-likeness (QED) is 0.659. The lowest BCUT2D eigenvalue weighted by molar-refractivity contribution is 0.0288. The lowest BCUT2D eigenvalue weighted by Crippen LogP contribution is -2.23. The smallest absolute Gasteiger partial charge is 0.138 e. The fourth-order valence-electron chi connectivity index (χ4n) is 3.37. The summed E-state index contributed by atoms with van der Waals surface area (Å²) in [6, 6.07) is 18.7. The van der Waals surface area contributed by atoms with Crippen molar-refractivity contribution in [2.45, 2.75) is 19.7 Å². The first-order valence-electron chi connectivity index (χ1n) is 8.54. The average molecular weight is 353 g/mol. The molecule has 1 aliphatic heterocycles. The number of nitrogens with zero attached hydrogens (tertiary/aromatic N) is 2. The highest BCUT2D eigenvalue weighted by molar-refractivity contribution is 6.30. The highest BCUT2D eigenvalue weighted by Gasteiger charge is 2.27. The van der Waals surface area contributed by atoms with E-state index in [9.17, 15) is 0 Å². The number of hydrogen-bond donors (Lipinski definition) is 0. The molecule has 0 aliphatic carbocycles. The Morgan fingerprint density at radius 2 is 2.00 bits per heavy atom. The monoisotopic (exact) mass is 352 g/mol. The molecular formula is C21H21ClN2O. The lowest BCUT2D eigenvalue weighted by atomic mass is 10.1. The van der Waals surface area contributed by atoms with Crippen molar-refractivity contribution in [3.63, 3.8) is 0 Å². The Bertz CT molecular complexity index is 874. The molecule has 0 radical (unpaired) electrons. The predicted octanol–water partition coefficient (Wildman–Crippen LogP) is 4.97. The van der Waals surface area contributed by atoms with Crippen LogP contribution in [0.25, 0.3) is 5.69 Å². The molecular weight excluding hydrogens is 332 g/mol. The van der Waals surface area contributed by atoms with Gasteiger partial charge in [0, 0.05) is 41.8 Å². The number of rotatable bonds is 4. The van der Waals surface area contributed by atoms with Crippen molar-refractivity contribution in [3.8, 4) is 5.69 Å². The van der Waals surface area contributed by atoms with Gasteiger partial charge in [-0.2, -0.15) is 0 Å². The Hall–Kier alpha value is -2.07. The average Bonchev–Trinajstić information content (AvgIpc) is 3.24. The number of halogens is 1. The molecule has 3 aromatic rings. The predicted molar refractivity (Wildman–Crippen MR) is 101 cm³/mol. The Morgan fingerprint density at radius 3 is 2.84 bits per heavy atom. The van der Waals surface area contributed by atoms with Gasteiger partial charge in [0.25, 0.3) is 0 Å². The topological polar surface area (TPSA) is 17.4 Å². The molecule has 4 rings (SSSR count). The van der Waals surface area contributed by atoms with Gasteiger partial charge in [0.1, 0.15) is 6.23 Å². The summed E-state index contributed by atoms with van der Waals surface area (Å²) in [6.45, 7) is 4.74. The Labute approximate surface area is 153 Å². The molecule has 2 aromatic carbocycles. The van der Waals surface area contributed by atoms with Crippen molar-refractivity contribution in [1.29, 1.82) is 0 Å². The molecule has 3 nitrogen and oxygen atoms in total. The molecule has 0 amide bonds. The Morgan fingerprint density at radius 1 is 1.12 bits per heavy atom. The van der Waals surface area contributed by atoms with E-state index in [1.165, 1.54) is 16.7 Å². The molecule has 0 N–H and O–H groups in total. The summed E-state index contributed by atoms with van der Waals surface area (Å²) in [5.74, 6) is 0. The summed E-state index contributed by atoms with van der Waals surface area (Å²) in [4.78, 5) is 2.38. The van der Waals surface area contributed by atoms with E-state index < -0.39 is 0 Å². The van der Waals surface area contributed by atoms with E-state index in [-0.39, 0.29) is 6.23 Å². The molecule has 1 aromatic heterocycles. The summed E-state index contributed by atoms with van der Waals surface area (Å²) in [5, 5.41) is 0.742. The second-order valence-electron chi connectivity index (χ2n) is 6.51. The van der Waals surface area contributed by atoms with Gasteiger partial charge in [-0.3, -0.25) is 4.90 Å². The normalized spacial score (nSPS) is 17.9. The van der Waals surface area contributed by atoms with Crippen LogP contribution < -0.4 is 0 Å². The third-order valence-corrected chi connectivity index (χ3v) is 4.80. The van der Waals surface area contributed by atoms with Gasteiger partial charge in [-0.25, -0.2) is 0 Å². The van der Waals surface area contributed by atoms with E-state index in [0.29, 0.717) is 0 Å². The van der Waals surface area contributed by atoms with Gasteiger partial charge < -0.3 is 9.30 Å². The molecule has 25 heavy (non-hydrogen) atoms. The van der Waals surface area contributed by atoms with Crippen molar-refractivity contribution >= 4 is 11.6 Å². The summed E-state index contributed by atoms with van der Waals surface area (Å²) in [7, 11) is 0. The van der Waals surface area contributed by atoms with E-state index in [0.717, 1.165) is 30.4 Å². The van der Waals surface area contributed by atoms with Crippen molar-refractivity contribution in [2.24, 2.45) is 0 Å². The second-order valence-corrected chi connectivity index (χ2v) is 6.95. The van der Waals surface area contributed by atoms with Crippen LogP contribution in [0.5, 0.6) is 0 Å². The Kier molecular flexibility index (Phi) is 4.62. The minimum absolute atomic E-state index is 0.000876. The summed E-state index contributed by atoms with van der Waals surface area (Å²) in [5.41, 5.74) is 4.85. The molecule has 2 heterocycles. The largest absolute Gasteiger partial charge is 0.357 e. The fourth-order valence-corrected chi connectivity index (χ4v) is 3.56. The van der Waals surface area contributed by atoms with Crippen molar-refractivity contribution < 1.29 is 4.74 Å². The summed E-state index contributed by atoms with van der Waals surface area (Å²) < 4.78 is 8.10. The number of hydrogen-bond acceptors (Lipinski definition) is 2. The fraction of sp³-hybridized carbons (Fsp3) is 0.238. The van der Waals surface area contributed by atoms with Crippen LogP contribution in [-0.2, 0) is 11.3 Å². The van der Waals surface area contributed by atoms with Crippen LogP contribution in [0.1, 0.15) is 22.9 Å². The lowest BCUT2D eigenvalue weighted by Gasteiger charge is -2.22. The molecule has 0 bridgehead atoms. The third-order valence-electron chi connectivity index (χ3n) is 4.56. The zero-order valence-corrected chi connectivity index (χ0v) is 15.0. The highest BCUT2D eigenvalue weighted by Crippen LogP contribution is 2.29. The third kappa shape index (κ3) is 3.64. The van der Waals surface area contributed by atoms with E-state index >= 15 is 0 Å². The van der Waals surface area contributed by atoms with Crippen LogP contribution in [0.3, 0.4) is 0 Å². The summed E-state index contributed by atoms with van der Waals surface area (Å²) in [6.07, 6.45) is 4.19. The van der Waals surface area contributed by atoms with Gasteiger partial charge in [0.2, 0.25) is 0 Å². The molecule has 0 unspecified atom stereocenters. The Balaban J connectivity index is 1.54. The van der Waals surface area contributed by atoms with Crippen LogP contribution >= 0.6 is 11.6 Å². The highest BCUT2D eigenvalue weighted by atomic mass is 35.5. The molecule has 1 atom stereocenters. The van der Waals surface area contributed by atoms with Crippen LogP contribution in [-0.4, -0.2) is 22.6 Å². The van der Waals surface area contributed by atoms with Gasteiger partial charge in [0.15, 0.2) is 0 Å². The van der Waals surface area contributed by atoms with Gasteiger partial charge in [-0.05, 0) is 36.8 Å². The molecule has 4 heteroatoms. The SMILES string of the molecule is Cc1cccc(CN2CCO[C@H]2c2ccn(-c3cccc(Cl)c3)c2)c1. The number of aromatic nitrogens is 1. The van der Waals surface area contributed by atoms with E-state index in [4.69, 9.17) is 16.3 Å². The standard InChI is InChI=1S/C21H21ClN2O/c1-16-4-2-5-17(12-16)14-24-10-11-25-21(24)18-8-9-23(15-18)20-7-3-6-19(22)13-20/h2-9,12-13,15,21H,10-11,14H2,1H3/t21-/m0/s1. The van der Waals surface area contributed by atoms with Gasteiger partial charge in [0.05, 0.1) is 6.61 Å². The molecule has 0 spiro atoms. The van der Waals surface area contributed by atoms with E-state index in [1.54, 1.807) is 0 Å². The van der Waals surface area contributed by atoms with E-state index in [2.05, 4.69) is 65.2 Å². The molecule has 128 valence electrons. The van der Waals surface area contributed by atoms with Crippen molar-refractivity contribution in [2.75, 3.05) is 13.2 Å². The zero-order valence-electron chi connectivity index (χ0n) is 14.2. The summed E-state index contributed by atoms with van der Waals surface area (Å²) >= 11 is 6.11. The first kappa shape index (κ1) is 16.4. The number of aryl methyl sites for hydroxylation is 1. The number of ether oxygens (including phenoxy) is 1. The molecule has 0 saturated carbocycles. The van der Waals surface area contributed by atoms with Crippen molar-refractivity contribution in [1.82, 2.24) is 9.47 Å². The first-order valence-corrected chi connectivity index (χ1v) is 8.92. The molecule has 1 aliphatic rings. The van der Waals surface area contributed by atoms with Crippen LogP contribution in [0.2, 0.25) is 5.02 Å². The molecule has 1 fully saturated rings. The maximum absolute atomic E-state index is 6.11. The minimum atomic E-state index is 0.000876. The molecule has 1 saturated heterocycles. The minimum Gasteiger partial charge on any atom is -0.357 e. The van der Waals surface area contributed by atoms with Gasteiger partial charge >= 0.3 is 0 Å². The van der Waals surface area contributed by atoms with Gasteiger partial charge in [-0.1, -0.05) is 47.5 Å². The number of benzene rings is 2. The van der Waals surface area contributed by atoms with Gasteiger partial charge in [-0.15, -0.1) is 0 Å². The zero-order chi connectivity index (χ0) is 17.2. The maximum atomic E-state index is 6.11. The van der Waals surface area contributed by atoms with Crippen LogP contribution in [0.4, 0.5) is 0 Å². The maximum Gasteiger partial charge on any atom is 0.138 e.